The average molecular weight is 333 g/mol. The number of benzene rings is 2. The van der Waals surface area contributed by atoms with Crippen LogP contribution in [0.3, 0.4) is 0 Å². The lowest BCUT2D eigenvalue weighted by Crippen LogP contribution is -2.38. The third-order valence-electron chi connectivity index (χ3n) is 5.01. The number of anilines is 1. The summed E-state index contributed by atoms with van der Waals surface area (Å²) < 4.78 is 5.26. The standard InChI is InChI=1S/C21H23N3O/c1-15-7-5-6-14-24(15)21-18-8-3-4-9-19(18)22-20(23-21)16-10-12-17(25-2)13-11-16/h3-4,8-13,15H,5-7,14H2,1-2H3. The highest BCUT2D eigenvalue weighted by molar-refractivity contribution is 5.91. The SMILES string of the molecule is COc1ccc(-c2nc(N3CCCCC3C)c3ccccc3n2)cc1. The van der Waals surface area contributed by atoms with Gasteiger partial charge in [-0.05, 0) is 62.6 Å². The summed E-state index contributed by atoms with van der Waals surface area (Å²) in [6.45, 7) is 3.35. The smallest absolute Gasteiger partial charge is 0.162 e. The number of methoxy groups -OCH3 is 1. The predicted molar refractivity (Wildman–Crippen MR) is 102 cm³/mol. The molecule has 1 aliphatic heterocycles. The molecular weight excluding hydrogens is 310 g/mol. The topological polar surface area (TPSA) is 38.2 Å². The zero-order valence-corrected chi connectivity index (χ0v) is 14.8. The number of piperidine rings is 1. The van der Waals surface area contributed by atoms with Crippen LogP contribution >= 0.6 is 0 Å². The number of hydrogen-bond donors (Lipinski definition) is 0. The Kier molecular flexibility index (Phi) is 4.26. The molecule has 1 atom stereocenters. The molecule has 1 saturated heterocycles. The van der Waals surface area contributed by atoms with Crippen LogP contribution in [0.25, 0.3) is 22.3 Å². The van der Waals surface area contributed by atoms with Gasteiger partial charge in [-0.15, -0.1) is 0 Å². The second-order valence-corrected chi connectivity index (χ2v) is 6.65. The summed E-state index contributed by atoms with van der Waals surface area (Å²) in [4.78, 5) is 12.2. The average Bonchev–Trinajstić information content (AvgIpc) is 2.68. The maximum absolute atomic E-state index is 5.26. The van der Waals surface area contributed by atoms with Crippen molar-refractivity contribution >= 4 is 16.7 Å². The van der Waals surface area contributed by atoms with Gasteiger partial charge in [-0.2, -0.15) is 0 Å². The molecule has 1 fully saturated rings. The van der Waals surface area contributed by atoms with Gasteiger partial charge in [-0.1, -0.05) is 12.1 Å². The number of rotatable bonds is 3. The van der Waals surface area contributed by atoms with Gasteiger partial charge in [-0.3, -0.25) is 0 Å². The largest absolute Gasteiger partial charge is 0.497 e. The molecule has 2 heterocycles. The lowest BCUT2D eigenvalue weighted by Gasteiger charge is -2.35. The number of ether oxygens (including phenoxy) is 1. The molecule has 25 heavy (non-hydrogen) atoms. The molecule has 0 bridgehead atoms. The second kappa shape index (κ2) is 6.71. The van der Waals surface area contributed by atoms with E-state index in [1.54, 1.807) is 7.11 Å². The summed E-state index contributed by atoms with van der Waals surface area (Å²) in [6.07, 6.45) is 3.74. The summed E-state index contributed by atoms with van der Waals surface area (Å²) >= 11 is 0. The summed E-state index contributed by atoms with van der Waals surface area (Å²) in [5.74, 6) is 2.67. The van der Waals surface area contributed by atoms with Gasteiger partial charge >= 0.3 is 0 Å². The van der Waals surface area contributed by atoms with Gasteiger partial charge in [0.05, 0.1) is 12.6 Å². The van der Waals surface area contributed by atoms with Crippen molar-refractivity contribution in [3.63, 3.8) is 0 Å². The molecule has 0 N–H and O–H groups in total. The van der Waals surface area contributed by atoms with Gasteiger partial charge in [0.25, 0.3) is 0 Å². The van der Waals surface area contributed by atoms with Gasteiger partial charge in [0.15, 0.2) is 5.82 Å². The van der Waals surface area contributed by atoms with E-state index in [-0.39, 0.29) is 0 Å². The predicted octanol–water partition coefficient (Wildman–Crippen LogP) is 4.68. The highest BCUT2D eigenvalue weighted by Crippen LogP contribution is 2.31. The zero-order valence-electron chi connectivity index (χ0n) is 14.8. The Bertz CT molecular complexity index is 876. The Hall–Kier alpha value is -2.62. The number of hydrogen-bond acceptors (Lipinski definition) is 4. The van der Waals surface area contributed by atoms with Gasteiger partial charge in [-0.25, -0.2) is 9.97 Å². The van der Waals surface area contributed by atoms with Crippen molar-refractivity contribution in [2.75, 3.05) is 18.6 Å². The number of nitrogens with zero attached hydrogens (tertiary/aromatic N) is 3. The van der Waals surface area contributed by atoms with Crippen molar-refractivity contribution in [1.29, 1.82) is 0 Å². The molecule has 3 aromatic rings. The Morgan fingerprint density at radius 2 is 1.80 bits per heavy atom. The van der Waals surface area contributed by atoms with Crippen LogP contribution < -0.4 is 9.64 Å². The molecule has 1 aromatic heterocycles. The summed E-state index contributed by atoms with van der Waals surface area (Å²) in [5, 5.41) is 1.13. The normalized spacial score (nSPS) is 17.7. The Morgan fingerprint density at radius 1 is 1.00 bits per heavy atom. The van der Waals surface area contributed by atoms with E-state index >= 15 is 0 Å². The van der Waals surface area contributed by atoms with Crippen molar-refractivity contribution in [2.24, 2.45) is 0 Å². The fourth-order valence-corrected chi connectivity index (χ4v) is 3.56. The minimum atomic E-state index is 0.510. The maximum atomic E-state index is 5.26. The van der Waals surface area contributed by atoms with Crippen molar-refractivity contribution < 1.29 is 4.74 Å². The van der Waals surface area contributed by atoms with Crippen LogP contribution in [0.2, 0.25) is 0 Å². The van der Waals surface area contributed by atoms with E-state index in [1.807, 2.05) is 30.3 Å². The number of para-hydroxylation sites is 1. The Morgan fingerprint density at radius 3 is 2.56 bits per heavy atom. The summed E-state index contributed by atoms with van der Waals surface area (Å²) in [7, 11) is 1.68. The maximum Gasteiger partial charge on any atom is 0.162 e. The molecule has 1 unspecified atom stereocenters. The first-order chi connectivity index (χ1) is 12.3. The highest BCUT2D eigenvalue weighted by atomic mass is 16.5. The molecule has 4 rings (SSSR count). The zero-order chi connectivity index (χ0) is 17.2. The molecule has 1 aliphatic rings. The van der Waals surface area contributed by atoms with Crippen LogP contribution in [0.1, 0.15) is 26.2 Å². The minimum Gasteiger partial charge on any atom is -0.497 e. The van der Waals surface area contributed by atoms with E-state index < -0.39 is 0 Å². The van der Waals surface area contributed by atoms with E-state index in [1.165, 1.54) is 19.3 Å². The first-order valence-electron chi connectivity index (χ1n) is 8.94. The molecule has 2 aromatic carbocycles. The molecule has 128 valence electrons. The van der Waals surface area contributed by atoms with Crippen LogP contribution in [-0.4, -0.2) is 29.7 Å². The minimum absolute atomic E-state index is 0.510. The quantitative estimate of drug-likeness (QED) is 0.697. The van der Waals surface area contributed by atoms with Crippen molar-refractivity contribution in [3.05, 3.63) is 48.5 Å². The van der Waals surface area contributed by atoms with Crippen molar-refractivity contribution in [1.82, 2.24) is 9.97 Å². The fraction of sp³-hybridized carbons (Fsp3) is 0.333. The number of aromatic nitrogens is 2. The van der Waals surface area contributed by atoms with Crippen molar-refractivity contribution in [3.8, 4) is 17.1 Å². The van der Waals surface area contributed by atoms with Gasteiger partial charge < -0.3 is 9.64 Å². The van der Waals surface area contributed by atoms with Crippen LogP contribution in [0, 0.1) is 0 Å². The van der Waals surface area contributed by atoms with Crippen LogP contribution in [0.5, 0.6) is 5.75 Å². The first kappa shape index (κ1) is 15.9. The van der Waals surface area contributed by atoms with Crippen molar-refractivity contribution in [2.45, 2.75) is 32.2 Å². The Labute approximate surface area is 148 Å². The fourth-order valence-electron chi connectivity index (χ4n) is 3.56. The third kappa shape index (κ3) is 3.04. The summed E-state index contributed by atoms with van der Waals surface area (Å²) in [6, 6.07) is 16.8. The molecule has 0 radical (unpaired) electrons. The highest BCUT2D eigenvalue weighted by Gasteiger charge is 2.22. The molecule has 4 nitrogen and oxygen atoms in total. The molecular formula is C21H23N3O. The monoisotopic (exact) mass is 333 g/mol. The van der Waals surface area contributed by atoms with E-state index in [0.29, 0.717) is 6.04 Å². The van der Waals surface area contributed by atoms with E-state index in [2.05, 4.69) is 30.0 Å². The van der Waals surface area contributed by atoms with Gasteiger partial charge in [0.2, 0.25) is 0 Å². The lowest BCUT2D eigenvalue weighted by molar-refractivity contribution is 0.415. The Balaban J connectivity index is 1.85. The van der Waals surface area contributed by atoms with Crippen LogP contribution in [0.4, 0.5) is 5.82 Å². The second-order valence-electron chi connectivity index (χ2n) is 6.65. The molecule has 0 amide bonds. The van der Waals surface area contributed by atoms with Crippen LogP contribution in [-0.2, 0) is 0 Å². The first-order valence-corrected chi connectivity index (χ1v) is 8.94. The van der Waals surface area contributed by atoms with Gasteiger partial charge in [0.1, 0.15) is 11.6 Å². The van der Waals surface area contributed by atoms with E-state index in [9.17, 15) is 0 Å². The van der Waals surface area contributed by atoms with E-state index in [4.69, 9.17) is 14.7 Å². The van der Waals surface area contributed by atoms with E-state index in [0.717, 1.165) is 40.4 Å². The third-order valence-corrected chi connectivity index (χ3v) is 5.01. The molecule has 0 aliphatic carbocycles. The van der Waals surface area contributed by atoms with Crippen LogP contribution in [0.15, 0.2) is 48.5 Å². The molecule has 0 saturated carbocycles. The molecule has 4 heteroatoms. The number of fused-ring (bicyclic) bond motifs is 1. The van der Waals surface area contributed by atoms with Gasteiger partial charge in [0, 0.05) is 23.5 Å². The lowest BCUT2D eigenvalue weighted by atomic mass is 10.0. The molecule has 0 spiro atoms. The summed E-state index contributed by atoms with van der Waals surface area (Å²) in [5.41, 5.74) is 2.01.